The predicted molar refractivity (Wildman–Crippen MR) is 110 cm³/mol. The van der Waals surface area contributed by atoms with Crippen LogP contribution in [0.2, 0.25) is 0 Å². The van der Waals surface area contributed by atoms with Gasteiger partial charge in [-0.3, -0.25) is 0 Å². The van der Waals surface area contributed by atoms with E-state index in [1.165, 1.54) is 7.69 Å². The molecule has 2 nitrogen and oxygen atoms in total. The van der Waals surface area contributed by atoms with E-state index < -0.39 is 0 Å². The van der Waals surface area contributed by atoms with Gasteiger partial charge in [0.15, 0.2) is 0 Å². The van der Waals surface area contributed by atoms with E-state index in [9.17, 15) is 0 Å². The largest absolute Gasteiger partial charge is 0.658 e. The van der Waals surface area contributed by atoms with Gasteiger partial charge in [0.05, 0.1) is 0 Å². The fourth-order valence-electron chi connectivity index (χ4n) is 2.67. The number of benzene rings is 4. The SMILES string of the molecule is Brc1ccc2cc(O[B]Oc3ccc4cc(Br)ccc4c3)ccc2c1. The molecular formula is C20H12BBr2O2. The van der Waals surface area contributed by atoms with E-state index in [1.807, 2.05) is 48.5 Å². The van der Waals surface area contributed by atoms with Crippen LogP contribution in [0, 0.1) is 0 Å². The molecule has 0 amide bonds. The molecule has 0 N–H and O–H groups in total. The molecule has 4 aromatic carbocycles. The molecule has 0 bridgehead atoms. The van der Waals surface area contributed by atoms with Crippen LogP contribution in [-0.4, -0.2) is 7.69 Å². The first-order valence-electron chi connectivity index (χ1n) is 7.71. The standard InChI is InChI=1S/C20H12BBr2O2/c22-17-5-1-15-11-19(7-3-13(15)9-17)24-21-25-20-8-4-14-10-18(23)6-2-16(14)12-20/h1-12H. The van der Waals surface area contributed by atoms with Gasteiger partial charge in [-0.25, -0.2) is 0 Å². The highest BCUT2D eigenvalue weighted by atomic mass is 79.9. The summed E-state index contributed by atoms with van der Waals surface area (Å²) in [4.78, 5) is 0. The number of rotatable bonds is 4. The van der Waals surface area contributed by atoms with Crippen molar-refractivity contribution in [2.45, 2.75) is 0 Å². The second kappa shape index (κ2) is 7.10. The Hall–Kier alpha value is -1.98. The molecule has 1 radical (unpaired) electrons. The fraction of sp³-hybridized carbons (Fsp3) is 0. The number of hydrogen-bond donors (Lipinski definition) is 0. The summed E-state index contributed by atoms with van der Waals surface area (Å²) in [7, 11) is 1.36. The van der Waals surface area contributed by atoms with E-state index in [-0.39, 0.29) is 0 Å². The smallest absolute Gasteiger partial charge is 0.526 e. The van der Waals surface area contributed by atoms with E-state index in [2.05, 4.69) is 56.1 Å². The summed E-state index contributed by atoms with van der Waals surface area (Å²) in [5.41, 5.74) is 0. The Labute approximate surface area is 163 Å². The van der Waals surface area contributed by atoms with Crippen LogP contribution in [0.4, 0.5) is 0 Å². The van der Waals surface area contributed by atoms with Crippen molar-refractivity contribution in [3.63, 3.8) is 0 Å². The molecule has 0 heterocycles. The zero-order valence-electron chi connectivity index (χ0n) is 13.1. The number of fused-ring (bicyclic) bond motifs is 2. The topological polar surface area (TPSA) is 18.5 Å². The maximum absolute atomic E-state index is 5.61. The van der Waals surface area contributed by atoms with Gasteiger partial charge in [0, 0.05) is 8.95 Å². The van der Waals surface area contributed by atoms with Gasteiger partial charge in [-0.1, -0.05) is 56.1 Å². The van der Waals surface area contributed by atoms with Crippen molar-refractivity contribution in [1.82, 2.24) is 0 Å². The van der Waals surface area contributed by atoms with Crippen LogP contribution in [0.1, 0.15) is 0 Å². The summed E-state index contributed by atoms with van der Waals surface area (Å²) >= 11 is 6.96. The minimum Gasteiger partial charge on any atom is -0.526 e. The summed E-state index contributed by atoms with van der Waals surface area (Å²) in [6.45, 7) is 0. The molecule has 25 heavy (non-hydrogen) atoms. The molecule has 0 saturated heterocycles. The second-order valence-electron chi connectivity index (χ2n) is 5.64. The lowest BCUT2D eigenvalue weighted by Crippen LogP contribution is -2.10. The minimum atomic E-state index is 0.736. The van der Waals surface area contributed by atoms with Gasteiger partial charge in [0.25, 0.3) is 0 Å². The molecule has 0 aliphatic heterocycles. The number of halogens is 2. The molecule has 0 saturated carbocycles. The van der Waals surface area contributed by atoms with Gasteiger partial charge in [0.2, 0.25) is 0 Å². The monoisotopic (exact) mass is 453 g/mol. The average molecular weight is 455 g/mol. The van der Waals surface area contributed by atoms with Crippen molar-refractivity contribution in [2.24, 2.45) is 0 Å². The predicted octanol–water partition coefficient (Wildman–Crippen LogP) is 6.51. The minimum absolute atomic E-state index is 0.736. The third-order valence-electron chi connectivity index (χ3n) is 3.92. The van der Waals surface area contributed by atoms with Crippen LogP contribution < -0.4 is 9.31 Å². The molecule has 0 aliphatic rings. The van der Waals surface area contributed by atoms with Crippen LogP contribution in [0.15, 0.2) is 81.7 Å². The normalized spacial score (nSPS) is 10.8. The summed E-state index contributed by atoms with van der Waals surface area (Å²) < 4.78 is 13.3. The van der Waals surface area contributed by atoms with Gasteiger partial charge in [-0.15, -0.1) is 0 Å². The van der Waals surface area contributed by atoms with Crippen LogP contribution >= 0.6 is 31.9 Å². The lowest BCUT2D eigenvalue weighted by Gasteiger charge is -2.08. The van der Waals surface area contributed by atoms with Crippen molar-refractivity contribution in [3.05, 3.63) is 81.7 Å². The number of hydrogen-bond acceptors (Lipinski definition) is 2. The molecule has 4 rings (SSSR count). The Bertz CT molecular complexity index is 981. The van der Waals surface area contributed by atoms with E-state index in [0.717, 1.165) is 42.0 Å². The quantitative estimate of drug-likeness (QED) is 0.327. The second-order valence-corrected chi connectivity index (χ2v) is 7.47. The third-order valence-corrected chi connectivity index (χ3v) is 4.90. The average Bonchev–Trinajstić information content (AvgIpc) is 2.62. The molecule has 0 aliphatic carbocycles. The van der Waals surface area contributed by atoms with Gasteiger partial charge in [0.1, 0.15) is 11.5 Å². The highest BCUT2D eigenvalue weighted by Crippen LogP contribution is 2.25. The molecule has 0 spiro atoms. The molecule has 0 unspecified atom stereocenters. The van der Waals surface area contributed by atoms with Gasteiger partial charge >= 0.3 is 7.69 Å². The van der Waals surface area contributed by atoms with Crippen molar-refractivity contribution in [1.29, 1.82) is 0 Å². The summed E-state index contributed by atoms with van der Waals surface area (Å²) in [5.74, 6) is 1.47. The van der Waals surface area contributed by atoms with Gasteiger partial charge in [-0.05, 0) is 70.1 Å². The van der Waals surface area contributed by atoms with Crippen LogP contribution in [0.5, 0.6) is 11.5 Å². The third kappa shape index (κ3) is 3.83. The maximum atomic E-state index is 5.61. The summed E-state index contributed by atoms with van der Waals surface area (Å²) in [6, 6.07) is 24.1. The highest BCUT2D eigenvalue weighted by molar-refractivity contribution is 9.10. The van der Waals surface area contributed by atoms with Gasteiger partial charge in [-0.2, -0.15) is 0 Å². The Morgan fingerprint density at radius 3 is 1.40 bits per heavy atom. The van der Waals surface area contributed by atoms with Crippen molar-refractivity contribution in [2.75, 3.05) is 0 Å². The van der Waals surface area contributed by atoms with E-state index >= 15 is 0 Å². The zero-order valence-corrected chi connectivity index (χ0v) is 16.2. The van der Waals surface area contributed by atoms with Crippen LogP contribution in [-0.2, 0) is 0 Å². The van der Waals surface area contributed by atoms with E-state index in [1.54, 1.807) is 0 Å². The Morgan fingerprint density at radius 2 is 0.920 bits per heavy atom. The first-order chi connectivity index (χ1) is 12.2. The summed E-state index contributed by atoms with van der Waals surface area (Å²) in [5, 5.41) is 4.54. The lowest BCUT2D eigenvalue weighted by molar-refractivity contribution is 0.460. The molecule has 4 aromatic rings. The first kappa shape index (κ1) is 16.5. The Morgan fingerprint density at radius 1 is 0.520 bits per heavy atom. The van der Waals surface area contributed by atoms with E-state index in [4.69, 9.17) is 9.31 Å². The summed E-state index contributed by atoms with van der Waals surface area (Å²) in [6.07, 6.45) is 0. The molecule has 0 fully saturated rings. The van der Waals surface area contributed by atoms with Crippen molar-refractivity contribution >= 4 is 61.1 Å². The van der Waals surface area contributed by atoms with Crippen molar-refractivity contribution in [3.8, 4) is 11.5 Å². The first-order valence-corrected chi connectivity index (χ1v) is 9.30. The fourth-order valence-corrected chi connectivity index (χ4v) is 3.43. The van der Waals surface area contributed by atoms with Crippen molar-refractivity contribution < 1.29 is 9.31 Å². The maximum Gasteiger partial charge on any atom is 0.658 e. The van der Waals surface area contributed by atoms with E-state index in [0.29, 0.717) is 0 Å². The Balaban J connectivity index is 1.45. The molecule has 5 heteroatoms. The van der Waals surface area contributed by atoms with Crippen LogP contribution in [0.25, 0.3) is 21.5 Å². The molecular weight excluding hydrogens is 443 g/mol. The highest BCUT2D eigenvalue weighted by Gasteiger charge is 2.04. The van der Waals surface area contributed by atoms with Gasteiger partial charge < -0.3 is 9.31 Å². The molecule has 0 atom stereocenters. The Kier molecular flexibility index (Phi) is 4.68. The molecule has 0 aromatic heterocycles. The molecule has 121 valence electrons. The van der Waals surface area contributed by atoms with Crippen LogP contribution in [0.3, 0.4) is 0 Å². The zero-order chi connectivity index (χ0) is 17.2. The lowest BCUT2D eigenvalue weighted by atomic mass is 10.1.